The van der Waals surface area contributed by atoms with Gasteiger partial charge in [0.1, 0.15) is 12.4 Å². The average Bonchev–Trinajstić information content (AvgIpc) is 2.17. The topological polar surface area (TPSA) is 63.2 Å². The Labute approximate surface area is 93.4 Å². The molecule has 0 aromatic heterocycles. The van der Waals surface area contributed by atoms with Crippen LogP contribution in [0.15, 0.2) is 30.3 Å². The third-order valence-corrected chi connectivity index (χ3v) is 3.28. The Kier molecular flexibility index (Phi) is 4.42. The summed E-state index contributed by atoms with van der Waals surface area (Å²) < 4.78 is 34.1. The minimum Gasteiger partial charge on any atom is -0.325 e. The highest BCUT2D eigenvalue weighted by atomic mass is 32.2. The second-order valence-electron chi connectivity index (χ2n) is 3.20. The maximum Gasteiger partial charge on any atom is 0.239 e. The molecule has 1 aromatic carbocycles. The molecule has 0 bridgehead atoms. The molecule has 1 N–H and O–H groups in total. The number of para-hydroxylation sites is 1. The van der Waals surface area contributed by atoms with Gasteiger partial charge in [0.05, 0.1) is 5.75 Å². The van der Waals surface area contributed by atoms with E-state index in [9.17, 15) is 17.6 Å². The first-order chi connectivity index (χ1) is 7.53. The van der Waals surface area contributed by atoms with Crippen LogP contribution in [0.3, 0.4) is 0 Å². The zero-order valence-corrected chi connectivity index (χ0v) is 9.34. The maximum atomic E-state index is 11.9. The first-order valence-electron chi connectivity index (χ1n) is 4.65. The Morgan fingerprint density at radius 3 is 2.44 bits per heavy atom. The van der Waals surface area contributed by atoms with Gasteiger partial charge in [-0.25, -0.2) is 12.8 Å². The van der Waals surface area contributed by atoms with Crippen molar-refractivity contribution in [2.45, 2.75) is 0 Å². The van der Waals surface area contributed by atoms with E-state index in [2.05, 4.69) is 5.32 Å². The number of carbonyl (C=O) groups is 1. The molecule has 1 aromatic rings. The molecule has 0 unspecified atom stereocenters. The number of rotatable bonds is 5. The van der Waals surface area contributed by atoms with Gasteiger partial charge in [-0.15, -0.1) is 0 Å². The summed E-state index contributed by atoms with van der Waals surface area (Å²) in [6.45, 7) is -0.971. The summed E-state index contributed by atoms with van der Waals surface area (Å²) in [7, 11) is -3.64. The highest BCUT2D eigenvalue weighted by Gasteiger charge is 2.16. The minimum atomic E-state index is -3.64. The number of amides is 1. The highest BCUT2D eigenvalue weighted by molar-refractivity contribution is 7.92. The molecular weight excluding hydrogens is 233 g/mol. The number of hydrogen-bond donors (Lipinski definition) is 1. The highest BCUT2D eigenvalue weighted by Crippen LogP contribution is 2.05. The summed E-state index contributed by atoms with van der Waals surface area (Å²) >= 11 is 0. The van der Waals surface area contributed by atoms with E-state index < -0.39 is 33.9 Å². The van der Waals surface area contributed by atoms with Crippen LogP contribution in [0.2, 0.25) is 0 Å². The molecule has 6 heteroatoms. The van der Waals surface area contributed by atoms with E-state index in [-0.39, 0.29) is 0 Å². The second kappa shape index (κ2) is 5.60. The Morgan fingerprint density at radius 1 is 1.25 bits per heavy atom. The van der Waals surface area contributed by atoms with Crippen LogP contribution >= 0.6 is 0 Å². The number of benzene rings is 1. The summed E-state index contributed by atoms with van der Waals surface area (Å²) in [5.41, 5.74) is 0.517. The molecule has 0 saturated heterocycles. The molecule has 0 aliphatic heterocycles. The molecule has 0 atom stereocenters. The van der Waals surface area contributed by atoms with Gasteiger partial charge in [-0.05, 0) is 12.1 Å². The minimum absolute atomic E-state index is 0.517. The fourth-order valence-electron chi connectivity index (χ4n) is 1.11. The standard InChI is InChI=1S/C10H12FNO3S/c11-6-7-16(14,15)8-10(13)12-9-4-2-1-3-5-9/h1-5H,6-8H2,(H,12,13). The third kappa shape index (κ3) is 4.39. The zero-order valence-electron chi connectivity index (χ0n) is 8.52. The van der Waals surface area contributed by atoms with Crippen LogP contribution in [0.25, 0.3) is 0 Å². The molecule has 0 aliphatic rings. The molecule has 0 aliphatic carbocycles. The molecule has 0 spiro atoms. The lowest BCUT2D eigenvalue weighted by molar-refractivity contribution is -0.113. The second-order valence-corrected chi connectivity index (χ2v) is 5.38. The van der Waals surface area contributed by atoms with Crippen LogP contribution in [-0.2, 0) is 14.6 Å². The largest absolute Gasteiger partial charge is 0.325 e. The molecule has 0 heterocycles. The van der Waals surface area contributed by atoms with Crippen molar-refractivity contribution in [2.24, 2.45) is 0 Å². The number of nitrogens with one attached hydrogen (secondary N) is 1. The monoisotopic (exact) mass is 245 g/mol. The van der Waals surface area contributed by atoms with Crippen molar-refractivity contribution in [3.8, 4) is 0 Å². The zero-order chi connectivity index (χ0) is 12.0. The number of carbonyl (C=O) groups excluding carboxylic acids is 1. The predicted molar refractivity (Wildman–Crippen MR) is 59.7 cm³/mol. The van der Waals surface area contributed by atoms with Crippen molar-refractivity contribution in [3.63, 3.8) is 0 Å². The SMILES string of the molecule is O=C(CS(=O)(=O)CCF)Nc1ccccc1. The Hall–Kier alpha value is -1.43. The van der Waals surface area contributed by atoms with E-state index in [1.54, 1.807) is 30.3 Å². The molecule has 0 fully saturated rings. The van der Waals surface area contributed by atoms with E-state index in [1.807, 2.05) is 0 Å². The quantitative estimate of drug-likeness (QED) is 0.842. The fourth-order valence-corrected chi connectivity index (χ4v) is 1.96. The Morgan fingerprint density at radius 2 is 1.88 bits per heavy atom. The van der Waals surface area contributed by atoms with Crippen LogP contribution in [0.1, 0.15) is 0 Å². The van der Waals surface area contributed by atoms with Gasteiger partial charge in [0.25, 0.3) is 0 Å². The first-order valence-corrected chi connectivity index (χ1v) is 6.47. The van der Waals surface area contributed by atoms with Crippen molar-refractivity contribution in [2.75, 3.05) is 23.5 Å². The van der Waals surface area contributed by atoms with Crippen molar-refractivity contribution in [1.29, 1.82) is 0 Å². The number of anilines is 1. The van der Waals surface area contributed by atoms with Gasteiger partial charge in [0, 0.05) is 5.69 Å². The van der Waals surface area contributed by atoms with E-state index in [4.69, 9.17) is 0 Å². The van der Waals surface area contributed by atoms with E-state index >= 15 is 0 Å². The number of hydrogen-bond acceptors (Lipinski definition) is 3. The van der Waals surface area contributed by atoms with Crippen molar-refractivity contribution in [1.82, 2.24) is 0 Å². The normalized spacial score (nSPS) is 11.1. The summed E-state index contributed by atoms with van der Waals surface area (Å²) in [6, 6.07) is 8.48. The van der Waals surface area contributed by atoms with Crippen LogP contribution in [-0.4, -0.2) is 32.5 Å². The van der Waals surface area contributed by atoms with Crippen molar-refractivity contribution < 1.29 is 17.6 Å². The molecule has 88 valence electrons. The first kappa shape index (κ1) is 12.6. The lowest BCUT2D eigenvalue weighted by Crippen LogP contribution is -2.25. The lowest BCUT2D eigenvalue weighted by Gasteiger charge is -2.04. The van der Waals surface area contributed by atoms with Gasteiger partial charge < -0.3 is 5.32 Å². The summed E-state index contributed by atoms with van der Waals surface area (Å²) in [5, 5.41) is 2.42. The van der Waals surface area contributed by atoms with Crippen molar-refractivity contribution >= 4 is 21.4 Å². The number of sulfone groups is 1. The van der Waals surface area contributed by atoms with Crippen LogP contribution in [0.5, 0.6) is 0 Å². The summed E-state index contributed by atoms with van der Waals surface area (Å²) in [6.07, 6.45) is 0. The molecule has 16 heavy (non-hydrogen) atoms. The fraction of sp³-hybridized carbons (Fsp3) is 0.300. The molecular formula is C10H12FNO3S. The van der Waals surface area contributed by atoms with Crippen LogP contribution in [0.4, 0.5) is 10.1 Å². The molecule has 0 radical (unpaired) electrons. The van der Waals surface area contributed by atoms with Crippen LogP contribution in [0, 0.1) is 0 Å². The molecule has 4 nitrogen and oxygen atoms in total. The predicted octanol–water partition coefficient (Wildman–Crippen LogP) is 1.01. The number of alkyl halides is 1. The van der Waals surface area contributed by atoms with E-state index in [1.165, 1.54) is 0 Å². The van der Waals surface area contributed by atoms with E-state index in [0.29, 0.717) is 5.69 Å². The van der Waals surface area contributed by atoms with Crippen LogP contribution < -0.4 is 5.32 Å². The Balaban J connectivity index is 2.55. The van der Waals surface area contributed by atoms with E-state index in [0.717, 1.165) is 0 Å². The summed E-state index contributed by atoms with van der Waals surface area (Å²) in [4.78, 5) is 11.3. The lowest BCUT2D eigenvalue weighted by atomic mass is 10.3. The number of halogens is 1. The van der Waals surface area contributed by atoms with Gasteiger partial charge in [-0.2, -0.15) is 0 Å². The van der Waals surface area contributed by atoms with Crippen molar-refractivity contribution in [3.05, 3.63) is 30.3 Å². The average molecular weight is 245 g/mol. The molecule has 0 saturated carbocycles. The van der Waals surface area contributed by atoms with Gasteiger partial charge in [-0.3, -0.25) is 4.79 Å². The smallest absolute Gasteiger partial charge is 0.239 e. The van der Waals surface area contributed by atoms with Gasteiger partial charge in [0.15, 0.2) is 9.84 Å². The Bertz CT molecular complexity index is 444. The maximum absolute atomic E-state index is 11.9. The molecule has 1 amide bonds. The third-order valence-electron chi connectivity index (χ3n) is 1.80. The molecule has 1 rings (SSSR count). The summed E-state index contributed by atoms with van der Waals surface area (Å²) in [5.74, 6) is -1.96. The van der Waals surface area contributed by atoms with Gasteiger partial charge in [0.2, 0.25) is 5.91 Å². The van der Waals surface area contributed by atoms with Gasteiger partial charge >= 0.3 is 0 Å². The van der Waals surface area contributed by atoms with Gasteiger partial charge in [-0.1, -0.05) is 18.2 Å².